The average Bonchev–Trinajstić information content (AvgIpc) is 3.07. The number of rotatable bonds is 9. The van der Waals surface area contributed by atoms with Gasteiger partial charge in [-0.05, 0) is 35.9 Å². The van der Waals surface area contributed by atoms with Crippen LogP contribution in [0.3, 0.4) is 0 Å². The maximum atomic E-state index is 14.5. The third-order valence-electron chi connectivity index (χ3n) is 4.27. The van der Waals surface area contributed by atoms with Crippen molar-refractivity contribution in [2.24, 2.45) is 5.41 Å². The van der Waals surface area contributed by atoms with E-state index >= 15 is 0 Å². The summed E-state index contributed by atoms with van der Waals surface area (Å²) < 4.78 is 39.9. The van der Waals surface area contributed by atoms with Gasteiger partial charge in [0.15, 0.2) is 11.6 Å². The highest BCUT2D eigenvalue weighted by atomic mass is 32.2. The Labute approximate surface area is 155 Å². The Hall–Kier alpha value is -1.96. The Kier molecular flexibility index (Phi) is 6.75. The van der Waals surface area contributed by atoms with E-state index in [1.54, 1.807) is 0 Å². The van der Waals surface area contributed by atoms with Crippen LogP contribution in [0.2, 0.25) is 0 Å². The zero-order valence-corrected chi connectivity index (χ0v) is 15.9. The Bertz CT molecular complexity index is 759. The molecule has 0 atom stereocenters. The molecule has 0 aliphatic carbocycles. The van der Waals surface area contributed by atoms with Crippen LogP contribution in [0.4, 0.5) is 18.9 Å². The van der Waals surface area contributed by atoms with Crippen LogP contribution in [0.5, 0.6) is 0 Å². The number of thioether (sulfide) groups is 1. The molecule has 0 aliphatic rings. The molecule has 26 heavy (non-hydrogen) atoms. The van der Waals surface area contributed by atoms with Crippen LogP contribution in [0.25, 0.3) is 11.4 Å². The number of alkyl halides is 2. The molecule has 1 aromatic carbocycles. The van der Waals surface area contributed by atoms with Crippen molar-refractivity contribution < 1.29 is 13.2 Å². The summed E-state index contributed by atoms with van der Waals surface area (Å²) in [6, 6.07) is 2.89. The van der Waals surface area contributed by atoms with Crippen LogP contribution in [0, 0.1) is 11.2 Å². The number of nitrogens with one attached hydrogen (secondary N) is 2. The SMILES string of the molecule is C=CNc1cc(-c2n[nH]c(C(F)F)n2)c(F)cc1SCCC(C)(C)CC. The fourth-order valence-corrected chi connectivity index (χ4v) is 3.51. The van der Waals surface area contributed by atoms with E-state index in [9.17, 15) is 13.2 Å². The molecule has 0 bridgehead atoms. The van der Waals surface area contributed by atoms with E-state index in [0.717, 1.165) is 23.5 Å². The number of benzene rings is 1. The number of H-pyrrole nitrogens is 1. The number of nitrogens with zero attached hydrogens (tertiary/aromatic N) is 2. The van der Waals surface area contributed by atoms with Gasteiger partial charge in [-0.15, -0.1) is 11.8 Å². The Morgan fingerprint density at radius 2 is 2.12 bits per heavy atom. The summed E-state index contributed by atoms with van der Waals surface area (Å²) in [6.45, 7) is 10.2. The van der Waals surface area contributed by atoms with Crippen molar-refractivity contribution in [3.8, 4) is 11.4 Å². The molecule has 0 fully saturated rings. The van der Waals surface area contributed by atoms with E-state index in [-0.39, 0.29) is 16.8 Å². The van der Waals surface area contributed by atoms with Crippen LogP contribution in [-0.2, 0) is 0 Å². The zero-order valence-electron chi connectivity index (χ0n) is 15.1. The molecular weight excluding hydrogens is 361 g/mol. The fourth-order valence-electron chi connectivity index (χ4n) is 2.17. The molecule has 142 valence electrons. The first kappa shape index (κ1) is 20.4. The Balaban J connectivity index is 2.27. The van der Waals surface area contributed by atoms with Crippen LogP contribution in [-0.4, -0.2) is 20.9 Å². The second-order valence-corrected chi connectivity index (χ2v) is 7.77. The molecule has 0 unspecified atom stereocenters. The lowest BCUT2D eigenvalue weighted by atomic mass is 9.87. The summed E-state index contributed by atoms with van der Waals surface area (Å²) in [5, 5.41) is 8.79. The second-order valence-electron chi connectivity index (χ2n) is 6.64. The lowest BCUT2D eigenvalue weighted by Gasteiger charge is -2.22. The number of halogens is 3. The second kappa shape index (κ2) is 8.62. The van der Waals surface area contributed by atoms with Crippen molar-refractivity contribution >= 4 is 17.4 Å². The predicted octanol–water partition coefficient (Wildman–Crippen LogP) is 6.02. The summed E-state index contributed by atoms with van der Waals surface area (Å²) in [5.74, 6) is -0.412. The molecule has 2 N–H and O–H groups in total. The highest BCUT2D eigenvalue weighted by Gasteiger charge is 2.19. The van der Waals surface area contributed by atoms with Gasteiger partial charge in [-0.3, -0.25) is 5.10 Å². The van der Waals surface area contributed by atoms with Crippen molar-refractivity contribution in [2.45, 2.75) is 44.9 Å². The highest BCUT2D eigenvalue weighted by Crippen LogP contribution is 2.36. The summed E-state index contributed by atoms with van der Waals surface area (Å²) >= 11 is 1.54. The lowest BCUT2D eigenvalue weighted by molar-refractivity contribution is 0.141. The van der Waals surface area contributed by atoms with Gasteiger partial charge >= 0.3 is 0 Å². The summed E-state index contributed by atoms with van der Waals surface area (Å²) in [5.41, 5.74) is 0.914. The van der Waals surface area contributed by atoms with E-state index in [1.807, 2.05) is 0 Å². The quantitative estimate of drug-likeness (QED) is 0.519. The largest absolute Gasteiger partial charge is 0.361 e. The van der Waals surface area contributed by atoms with Gasteiger partial charge in [-0.2, -0.15) is 5.10 Å². The summed E-state index contributed by atoms with van der Waals surface area (Å²) in [6.07, 6.45) is 0.751. The molecule has 0 radical (unpaired) electrons. The van der Waals surface area contributed by atoms with Gasteiger partial charge in [-0.25, -0.2) is 18.2 Å². The number of hydrogen-bond donors (Lipinski definition) is 2. The van der Waals surface area contributed by atoms with Crippen molar-refractivity contribution in [2.75, 3.05) is 11.1 Å². The average molecular weight is 384 g/mol. The molecule has 0 spiro atoms. The first-order chi connectivity index (χ1) is 12.3. The van der Waals surface area contributed by atoms with Crippen molar-refractivity contribution in [3.05, 3.63) is 36.6 Å². The van der Waals surface area contributed by atoms with E-state index in [1.165, 1.54) is 30.1 Å². The Morgan fingerprint density at radius 3 is 2.69 bits per heavy atom. The maximum Gasteiger partial charge on any atom is 0.296 e. The van der Waals surface area contributed by atoms with E-state index in [2.05, 4.69) is 47.8 Å². The molecule has 0 amide bonds. The Morgan fingerprint density at radius 1 is 1.38 bits per heavy atom. The first-order valence-corrected chi connectivity index (χ1v) is 9.30. The number of aromatic nitrogens is 3. The summed E-state index contributed by atoms with van der Waals surface area (Å²) in [4.78, 5) is 4.38. The fraction of sp³-hybridized carbons (Fsp3) is 0.444. The van der Waals surface area contributed by atoms with E-state index in [4.69, 9.17) is 0 Å². The molecule has 0 saturated carbocycles. The third kappa shape index (κ3) is 5.03. The normalized spacial score (nSPS) is 11.8. The van der Waals surface area contributed by atoms with Gasteiger partial charge in [-0.1, -0.05) is 33.8 Å². The van der Waals surface area contributed by atoms with Crippen molar-refractivity contribution in [3.63, 3.8) is 0 Å². The molecule has 0 saturated heterocycles. The predicted molar refractivity (Wildman–Crippen MR) is 100.0 cm³/mol. The number of anilines is 1. The number of aromatic amines is 1. The van der Waals surface area contributed by atoms with Gasteiger partial charge in [0.25, 0.3) is 6.43 Å². The van der Waals surface area contributed by atoms with E-state index < -0.39 is 18.1 Å². The molecule has 4 nitrogen and oxygen atoms in total. The van der Waals surface area contributed by atoms with Gasteiger partial charge < -0.3 is 5.32 Å². The molecule has 2 rings (SSSR count). The minimum atomic E-state index is -2.79. The minimum absolute atomic E-state index is 0.0516. The van der Waals surface area contributed by atoms with Crippen LogP contribution in [0.15, 0.2) is 29.8 Å². The molecular formula is C18H23F3N4S. The van der Waals surface area contributed by atoms with Crippen LogP contribution in [0.1, 0.15) is 45.9 Å². The van der Waals surface area contributed by atoms with Crippen LogP contribution >= 0.6 is 11.8 Å². The van der Waals surface area contributed by atoms with Crippen LogP contribution < -0.4 is 5.32 Å². The molecule has 0 aliphatic heterocycles. The first-order valence-electron chi connectivity index (χ1n) is 8.32. The monoisotopic (exact) mass is 384 g/mol. The molecule has 2 aromatic rings. The lowest BCUT2D eigenvalue weighted by Crippen LogP contribution is -2.10. The van der Waals surface area contributed by atoms with Gasteiger partial charge in [0, 0.05) is 4.90 Å². The van der Waals surface area contributed by atoms with Crippen molar-refractivity contribution in [1.82, 2.24) is 15.2 Å². The minimum Gasteiger partial charge on any atom is -0.361 e. The van der Waals surface area contributed by atoms with Gasteiger partial charge in [0.05, 0.1) is 11.3 Å². The molecule has 1 heterocycles. The topological polar surface area (TPSA) is 53.6 Å². The van der Waals surface area contributed by atoms with E-state index in [0.29, 0.717) is 5.69 Å². The summed E-state index contributed by atoms with van der Waals surface area (Å²) in [7, 11) is 0. The molecule has 1 aromatic heterocycles. The smallest absolute Gasteiger partial charge is 0.296 e. The number of hydrogen-bond acceptors (Lipinski definition) is 4. The highest BCUT2D eigenvalue weighted by molar-refractivity contribution is 7.99. The van der Waals surface area contributed by atoms with Gasteiger partial charge in [0.1, 0.15) is 5.82 Å². The molecule has 8 heteroatoms. The third-order valence-corrected chi connectivity index (χ3v) is 5.33. The van der Waals surface area contributed by atoms with Gasteiger partial charge in [0.2, 0.25) is 0 Å². The standard InChI is InChI=1S/C18H23F3N4S/c1-5-18(3,4)7-8-26-14-10-12(19)11(9-13(14)22-6-2)16-23-17(15(20)21)25-24-16/h6,9-10,15,22H,2,5,7-8H2,1,3-4H3,(H,23,24,25). The maximum absolute atomic E-state index is 14.5. The zero-order chi connectivity index (χ0) is 19.3. The van der Waals surface area contributed by atoms with Crippen molar-refractivity contribution in [1.29, 1.82) is 0 Å².